The van der Waals surface area contributed by atoms with Crippen LogP contribution in [0.2, 0.25) is 5.02 Å². The third-order valence-electron chi connectivity index (χ3n) is 4.06. The van der Waals surface area contributed by atoms with Crippen molar-refractivity contribution in [3.63, 3.8) is 0 Å². The van der Waals surface area contributed by atoms with Gasteiger partial charge in [-0.25, -0.2) is 0 Å². The molecule has 0 bridgehead atoms. The molecular weight excluding hydrogens is 324 g/mol. The van der Waals surface area contributed by atoms with Gasteiger partial charge in [-0.05, 0) is 47.0 Å². The molecule has 0 saturated heterocycles. The summed E-state index contributed by atoms with van der Waals surface area (Å²) < 4.78 is 0. The molecule has 0 aromatic heterocycles. The van der Waals surface area contributed by atoms with Crippen molar-refractivity contribution >= 4 is 41.3 Å². The van der Waals surface area contributed by atoms with Crippen LogP contribution in [0.1, 0.15) is 34.0 Å². The number of rotatable bonds is 1. The molecule has 2 aromatic carbocycles. The average Bonchev–Trinajstić information content (AvgIpc) is 2.56. The van der Waals surface area contributed by atoms with E-state index in [1.807, 2.05) is 36.4 Å². The smallest absolute Gasteiger partial charge is 0.251 e. The van der Waals surface area contributed by atoms with Crippen molar-refractivity contribution in [3.8, 4) is 0 Å². The number of nitrogens with zero attached hydrogens (tertiary/aromatic N) is 1. The highest BCUT2D eigenvalue weighted by atomic mass is 35.5. The number of carbonyl (C=O) groups is 2. The molecule has 1 N–H and O–H groups in total. The molecular formula is C19H17ClN2O2. The van der Waals surface area contributed by atoms with Gasteiger partial charge in [0.1, 0.15) is 0 Å². The molecule has 1 heterocycles. The summed E-state index contributed by atoms with van der Waals surface area (Å²) in [7, 11) is 1.60. The van der Waals surface area contributed by atoms with E-state index in [-0.39, 0.29) is 11.8 Å². The highest BCUT2D eigenvalue weighted by Crippen LogP contribution is 2.31. The van der Waals surface area contributed by atoms with Gasteiger partial charge in [-0.15, -0.1) is 0 Å². The number of halogens is 1. The lowest BCUT2D eigenvalue weighted by Gasteiger charge is -2.26. The largest absolute Gasteiger partial charge is 0.355 e. The van der Waals surface area contributed by atoms with E-state index in [1.54, 1.807) is 24.1 Å². The Morgan fingerprint density at radius 2 is 1.83 bits per heavy atom. The third-order valence-corrected chi connectivity index (χ3v) is 4.30. The van der Waals surface area contributed by atoms with Gasteiger partial charge in [0.05, 0.1) is 12.2 Å². The number of amides is 2. The van der Waals surface area contributed by atoms with Gasteiger partial charge in [0.25, 0.3) is 5.91 Å². The summed E-state index contributed by atoms with van der Waals surface area (Å²) in [5.74, 6) is -0.212. The Balaban J connectivity index is 2.15. The van der Waals surface area contributed by atoms with Gasteiger partial charge in [0.15, 0.2) is 0 Å². The molecule has 1 aliphatic rings. The van der Waals surface area contributed by atoms with E-state index >= 15 is 0 Å². The molecule has 5 heteroatoms. The van der Waals surface area contributed by atoms with Crippen LogP contribution >= 0.6 is 11.6 Å². The van der Waals surface area contributed by atoms with Crippen LogP contribution in [0.15, 0.2) is 36.4 Å². The first-order valence-electron chi connectivity index (χ1n) is 7.60. The predicted octanol–water partition coefficient (Wildman–Crippen LogP) is 3.74. The fourth-order valence-electron chi connectivity index (χ4n) is 2.81. The third kappa shape index (κ3) is 3.05. The van der Waals surface area contributed by atoms with E-state index in [4.69, 9.17) is 11.6 Å². The van der Waals surface area contributed by atoms with Gasteiger partial charge in [0.2, 0.25) is 5.91 Å². The van der Waals surface area contributed by atoms with Crippen LogP contribution in [0.3, 0.4) is 0 Å². The topological polar surface area (TPSA) is 49.4 Å². The molecule has 0 saturated carbocycles. The molecule has 4 nitrogen and oxygen atoms in total. The van der Waals surface area contributed by atoms with Crippen LogP contribution < -0.4 is 10.2 Å². The summed E-state index contributed by atoms with van der Waals surface area (Å²) in [4.78, 5) is 25.8. The monoisotopic (exact) mass is 340 g/mol. The minimum Gasteiger partial charge on any atom is -0.355 e. The van der Waals surface area contributed by atoms with E-state index in [9.17, 15) is 9.59 Å². The molecule has 0 spiro atoms. The number of hydrogen-bond donors (Lipinski definition) is 1. The molecule has 122 valence electrons. The van der Waals surface area contributed by atoms with Gasteiger partial charge < -0.3 is 10.2 Å². The number of fused-ring (bicyclic) bond motifs is 2. The fraction of sp³-hybridized carbons (Fsp3) is 0.158. The van der Waals surface area contributed by atoms with Gasteiger partial charge >= 0.3 is 0 Å². The van der Waals surface area contributed by atoms with Gasteiger partial charge in [-0.3, -0.25) is 9.59 Å². The van der Waals surface area contributed by atoms with Crippen LogP contribution in [0.4, 0.5) is 5.69 Å². The summed E-state index contributed by atoms with van der Waals surface area (Å²) in [5, 5.41) is 3.24. The number of hydrogen-bond acceptors (Lipinski definition) is 2. The van der Waals surface area contributed by atoms with Crippen molar-refractivity contribution in [2.24, 2.45) is 0 Å². The molecule has 0 radical (unpaired) electrons. The lowest BCUT2D eigenvalue weighted by molar-refractivity contribution is -0.116. The Kier molecular flexibility index (Phi) is 4.40. The minimum absolute atomic E-state index is 0.0647. The SMILES string of the molecule is CNC(=O)c1ccc2c(c1)CN(C(C)=O)c1ccc(Cl)cc1/C=C\2. The standard InChI is InChI=1S/C19H17ClN2O2/c1-12(23)22-11-16-9-15(19(24)21-2)6-4-13(16)3-5-14-10-17(20)7-8-18(14)22/h3-10H,11H2,1-2H3,(H,21,24)/b5-3-. The minimum atomic E-state index is -0.148. The van der Waals surface area contributed by atoms with Gasteiger partial charge in [-0.1, -0.05) is 29.8 Å². The lowest BCUT2D eigenvalue weighted by Crippen LogP contribution is -2.29. The molecule has 0 aliphatic carbocycles. The van der Waals surface area contributed by atoms with Crippen molar-refractivity contribution in [1.82, 2.24) is 5.32 Å². The van der Waals surface area contributed by atoms with E-state index < -0.39 is 0 Å². The first-order chi connectivity index (χ1) is 11.5. The summed E-state index contributed by atoms with van der Waals surface area (Å²) in [6, 6.07) is 11.0. The molecule has 2 aromatic rings. The van der Waals surface area contributed by atoms with Crippen LogP contribution in [0.5, 0.6) is 0 Å². The summed E-state index contributed by atoms with van der Waals surface area (Å²) in [6.45, 7) is 1.93. The van der Waals surface area contributed by atoms with Crippen LogP contribution in [-0.2, 0) is 11.3 Å². The molecule has 2 amide bonds. The van der Waals surface area contributed by atoms with Crippen molar-refractivity contribution < 1.29 is 9.59 Å². The Morgan fingerprint density at radius 1 is 1.08 bits per heavy atom. The van der Waals surface area contributed by atoms with Crippen molar-refractivity contribution in [3.05, 3.63) is 63.7 Å². The number of carbonyl (C=O) groups excluding carboxylic acids is 2. The van der Waals surface area contributed by atoms with Crippen molar-refractivity contribution in [2.45, 2.75) is 13.5 Å². The number of benzene rings is 2. The fourth-order valence-corrected chi connectivity index (χ4v) is 2.99. The molecule has 0 atom stereocenters. The molecule has 24 heavy (non-hydrogen) atoms. The van der Waals surface area contributed by atoms with Crippen molar-refractivity contribution in [1.29, 1.82) is 0 Å². The average molecular weight is 341 g/mol. The predicted molar refractivity (Wildman–Crippen MR) is 97.1 cm³/mol. The first-order valence-corrected chi connectivity index (χ1v) is 7.98. The molecule has 1 aliphatic heterocycles. The van der Waals surface area contributed by atoms with Crippen LogP contribution in [-0.4, -0.2) is 18.9 Å². The second-order valence-corrected chi connectivity index (χ2v) is 6.07. The maximum atomic E-state index is 12.2. The van der Waals surface area contributed by atoms with Crippen LogP contribution in [0.25, 0.3) is 12.2 Å². The summed E-state index contributed by atoms with van der Waals surface area (Å²) >= 11 is 6.09. The van der Waals surface area contributed by atoms with Gasteiger partial charge in [0, 0.05) is 24.6 Å². The maximum absolute atomic E-state index is 12.2. The Morgan fingerprint density at radius 3 is 2.54 bits per heavy atom. The summed E-state index contributed by atoms with van der Waals surface area (Å²) in [5.41, 5.74) is 4.16. The zero-order valence-corrected chi connectivity index (χ0v) is 14.2. The van der Waals surface area contributed by atoms with E-state index in [0.717, 1.165) is 22.4 Å². The quantitative estimate of drug-likeness (QED) is 0.859. The second-order valence-electron chi connectivity index (χ2n) is 5.63. The lowest BCUT2D eigenvalue weighted by atomic mass is 9.98. The zero-order valence-electron chi connectivity index (χ0n) is 13.5. The van der Waals surface area contributed by atoms with Gasteiger partial charge in [-0.2, -0.15) is 0 Å². The number of nitrogens with one attached hydrogen (secondary N) is 1. The molecule has 0 unspecified atom stereocenters. The Labute approximate surface area is 145 Å². The van der Waals surface area contributed by atoms with E-state index in [1.165, 1.54) is 6.92 Å². The molecule has 0 fully saturated rings. The molecule has 3 rings (SSSR count). The van der Waals surface area contributed by atoms with Crippen LogP contribution in [0, 0.1) is 0 Å². The normalized spacial score (nSPS) is 14.0. The highest BCUT2D eigenvalue weighted by molar-refractivity contribution is 6.30. The Bertz CT molecular complexity index is 858. The maximum Gasteiger partial charge on any atom is 0.251 e. The Hall–Kier alpha value is -2.59. The number of anilines is 1. The van der Waals surface area contributed by atoms with E-state index in [0.29, 0.717) is 17.1 Å². The second kappa shape index (κ2) is 6.49. The summed E-state index contributed by atoms with van der Waals surface area (Å²) in [6.07, 6.45) is 3.92. The first kappa shape index (κ1) is 16.3. The zero-order chi connectivity index (χ0) is 17.3. The highest BCUT2D eigenvalue weighted by Gasteiger charge is 2.19. The van der Waals surface area contributed by atoms with E-state index in [2.05, 4.69) is 5.32 Å². The van der Waals surface area contributed by atoms with Crippen molar-refractivity contribution in [2.75, 3.05) is 11.9 Å².